The van der Waals surface area contributed by atoms with Crippen molar-refractivity contribution in [3.63, 3.8) is 0 Å². The van der Waals surface area contributed by atoms with Crippen LogP contribution in [0.1, 0.15) is 51.0 Å². The minimum Gasteiger partial charge on any atom is -0.481 e. The molecule has 0 aromatic heterocycles. The third-order valence-corrected chi connectivity index (χ3v) is 6.19. The largest absolute Gasteiger partial charge is 0.481 e. The van der Waals surface area contributed by atoms with Crippen LogP contribution in [0, 0.1) is 11.8 Å². The summed E-state index contributed by atoms with van der Waals surface area (Å²) in [5.41, 5.74) is 2.04. The van der Waals surface area contributed by atoms with E-state index in [-0.39, 0.29) is 18.0 Å². The zero-order valence-electron chi connectivity index (χ0n) is 16.8. The van der Waals surface area contributed by atoms with Gasteiger partial charge in [-0.15, -0.1) is 0 Å². The van der Waals surface area contributed by atoms with Crippen molar-refractivity contribution in [2.45, 2.75) is 57.9 Å². The minimum atomic E-state index is -0.723. The Morgan fingerprint density at radius 1 is 1.11 bits per heavy atom. The van der Waals surface area contributed by atoms with E-state index in [0.29, 0.717) is 12.8 Å². The number of piperidine rings is 1. The fourth-order valence-corrected chi connectivity index (χ4v) is 4.21. The molecule has 28 heavy (non-hydrogen) atoms. The summed E-state index contributed by atoms with van der Waals surface area (Å²) in [4.78, 5) is 25.8. The number of benzene rings is 1. The lowest BCUT2D eigenvalue weighted by atomic mass is 9.86. The summed E-state index contributed by atoms with van der Waals surface area (Å²) in [6, 6.07) is 7.91. The molecule has 2 amide bonds. The third-order valence-electron chi connectivity index (χ3n) is 6.19. The summed E-state index contributed by atoms with van der Waals surface area (Å²) in [6.45, 7) is 5.77. The molecule has 1 aliphatic carbocycles. The van der Waals surface area contributed by atoms with Crippen LogP contribution >= 0.6 is 0 Å². The van der Waals surface area contributed by atoms with Crippen molar-refractivity contribution >= 4 is 17.7 Å². The number of carboxylic acids is 1. The molecular formula is C22H33N3O3. The Bertz CT molecular complexity index is 663. The quantitative estimate of drug-likeness (QED) is 0.695. The molecule has 0 bridgehead atoms. The summed E-state index contributed by atoms with van der Waals surface area (Å²) < 4.78 is 0. The normalized spacial score (nSPS) is 23.9. The molecule has 6 heteroatoms. The lowest BCUT2D eigenvalue weighted by molar-refractivity contribution is -0.142. The van der Waals surface area contributed by atoms with E-state index in [0.717, 1.165) is 37.4 Å². The Balaban J connectivity index is 1.42. The summed E-state index contributed by atoms with van der Waals surface area (Å²) in [7, 11) is 0. The first-order chi connectivity index (χ1) is 13.5. The van der Waals surface area contributed by atoms with Crippen molar-refractivity contribution in [1.29, 1.82) is 0 Å². The first kappa shape index (κ1) is 20.6. The maximum Gasteiger partial charge on any atom is 0.319 e. The van der Waals surface area contributed by atoms with E-state index < -0.39 is 5.97 Å². The van der Waals surface area contributed by atoms with Crippen molar-refractivity contribution in [2.24, 2.45) is 11.8 Å². The summed E-state index contributed by atoms with van der Waals surface area (Å²) in [6.07, 6.45) is 6.27. The summed E-state index contributed by atoms with van der Waals surface area (Å²) in [5.74, 6) is -0.138. The van der Waals surface area contributed by atoms with Crippen LogP contribution < -0.4 is 10.6 Å². The number of hydrogen-bond acceptors (Lipinski definition) is 3. The SMILES string of the molecule is CC1CCN(CCc2cccc(NC(=O)NC3CCC(C(=O)O)CC3)c2)CC1. The number of likely N-dealkylation sites (tertiary alicyclic amines) is 1. The van der Waals surface area contributed by atoms with Gasteiger partial charge in [-0.1, -0.05) is 19.1 Å². The van der Waals surface area contributed by atoms with Crippen LogP contribution in [-0.2, 0) is 11.2 Å². The number of carboxylic acid groups (broad SMARTS) is 1. The lowest BCUT2D eigenvalue weighted by Gasteiger charge is -2.30. The minimum absolute atomic E-state index is 0.0558. The summed E-state index contributed by atoms with van der Waals surface area (Å²) >= 11 is 0. The predicted octanol–water partition coefficient (Wildman–Crippen LogP) is 3.73. The van der Waals surface area contributed by atoms with Gasteiger partial charge in [-0.3, -0.25) is 4.79 Å². The van der Waals surface area contributed by atoms with Gasteiger partial charge in [-0.05, 0) is 81.6 Å². The molecule has 1 saturated carbocycles. The Kier molecular flexibility index (Phi) is 7.31. The molecule has 2 fully saturated rings. The van der Waals surface area contributed by atoms with E-state index in [2.05, 4.69) is 28.5 Å². The standard InChI is InChI=1S/C22H33N3O3/c1-16-9-12-25(13-10-16)14-11-17-3-2-4-20(15-17)24-22(28)23-19-7-5-18(6-8-19)21(26)27/h2-4,15-16,18-19H,5-14H2,1H3,(H,26,27)(H2,23,24,28). The van der Waals surface area contributed by atoms with Crippen LogP contribution in [0.2, 0.25) is 0 Å². The number of amides is 2. The van der Waals surface area contributed by atoms with Crippen molar-refractivity contribution in [1.82, 2.24) is 10.2 Å². The molecule has 1 heterocycles. The van der Waals surface area contributed by atoms with E-state index >= 15 is 0 Å². The number of anilines is 1. The van der Waals surface area contributed by atoms with Crippen LogP contribution in [0.4, 0.5) is 10.5 Å². The van der Waals surface area contributed by atoms with Gasteiger partial charge in [0.25, 0.3) is 0 Å². The van der Waals surface area contributed by atoms with Gasteiger partial charge in [0.2, 0.25) is 0 Å². The van der Waals surface area contributed by atoms with Crippen LogP contribution in [0.3, 0.4) is 0 Å². The maximum atomic E-state index is 12.3. The van der Waals surface area contributed by atoms with E-state index in [1.165, 1.54) is 31.5 Å². The molecule has 3 N–H and O–H groups in total. The Hall–Kier alpha value is -2.08. The van der Waals surface area contributed by atoms with Gasteiger partial charge < -0.3 is 20.6 Å². The topological polar surface area (TPSA) is 81.7 Å². The molecular weight excluding hydrogens is 354 g/mol. The smallest absolute Gasteiger partial charge is 0.319 e. The van der Waals surface area contributed by atoms with Crippen molar-refractivity contribution in [2.75, 3.05) is 25.0 Å². The van der Waals surface area contributed by atoms with Gasteiger partial charge in [0.15, 0.2) is 0 Å². The second kappa shape index (κ2) is 9.92. The van der Waals surface area contributed by atoms with Crippen LogP contribution in [0.15, 0.2) is 24.3 Å². The zero-order valence-corrected chi connectivity index (χ0v) is 16.8. The number of nitrogens with one attached hydrogen (secondary N) is 2. The molecule has 1 aliphatic heterocycles. The second-order valence-electron chi connectivity index (χ2n) is 8.46. The van der Waals surface area contributed by atoms with E-state index in [1.54, 1.807) is 0 Å². The first-order valence-electron chi connectivity index (χ1n) is 10.6. The molecule has 154 valence electrons. The Labute approximate surface area is 167 Å². The number of aliphatic carboxylic acids is 1. The molecule has 0 atom stereocenters. The van der Waals surface area contributed by atoms with Gasteiger partial charge in [-0.25, -0.2) is 4.79 Å². The Morgan fingerprint density at radius 2 is 1.82 bits per heavy atom. The highest BCUT2D eigenvalue weighted by atomic mass is 16.4. The molecule has 1 aromatic carbocycles. The van der Waals surface area contributed by atoms with Crippen molar-refractivity contribution < 1.29 is 14.7 Å². The van der Waals surface area contributed by atoms with Crippen LogP contribution in [0.25, 0.3) is 0 Å². The fraction of sp³-hybridized carbons (Fsp3) is 0.636. The maximum absolute atomic E-state index is 12.3. The van der Waals surface area contributed by atoms with Crippen molar-refractivity contribution in [3.8, 4) is 0 Å². The molecule has 1 aromatic rings. The highest BCUT2D eigenvalue weighted by Gasteiger charge is 2.26. The van der Waals surface area contributed by atoms with E-state index in [1.807, 2.05) is 18.2 Å². The third kappa shape index (κ3) is 6.23. The monoisotopic (exact) mass is 387 g/mol. The molecule has 0 spiro atoms. The molecule has 3 rings (SSSR count). The van der Waals surface area contributed by atoms with Gasteiger partial charge in [0.1, 0.15) is 0 Å². The molecule has 1 saturated heterocycles. The van der Waals surface area contributed by atoms with Gasteiger partial charge in [0.05, 0.1) is 5.92 Å². The average molecular weight is 388 g/mol. The first-order valence-corrected chi connectivity index (χ1v) is 10.6. The van der Waals surface area contributed by atoms with E-state index in [4.69, 9.17) is 5.11 Å². The van der Waals surface area contributed by atoms with Crippen LogP contribution in [0.5, 0.6) is 0 Å². The highest BCUT2D eigenvalue weighted by Crippen LogP contribution is 2.24. The second-order valence-corrected chi connectivity index (χ2v) is 8.46. The number of nitrogens with zero attached hydrogens (tertiary/aromatic N) is 1. The predicted molar refractivity (Wildman–Crippen MR) is 111 cm³/mol. The molecule has 0 radical (unpaired) electrons. The molecule has 0 unspecified atom stereocenters. The molecule has 6 nitrogen and oxygen atoms in total. The van der Waals surface area contributed by atoms with Gasteiger partial charge in [-0.2, -0.15) is 0 Å². The number of carbonyl (C=O) groups excluding carboxylic acids is 1. The van der Waals surface area contributed by atoms with Crippen molar-refractivity contribution in [3.05, 3.63) is 29.8 Å². The number of rotatable bonds is 6. The lowest BCUT2D eigenvalue weighted by Crippen LogP contribution is -2.41. The zero-order chi connectivity index (χ0) is 19.9. The summed E-state index contributed by atoms with van der Waals surface area (Å²) in [5, 5.41) is 15.0. The van der Waals surface area contributed by atoms with Crippen LogP contribution in [-0.4, -0.2) is 47.7 Å². The number of carbonyl (C=O) groups is 2. The molecule has 2 aliphatic rings. The number of urea groups is 1. The fourth-order valence-electron chi connectivity index (χ4n) is 4.21. The van der Waals surface area contributed by atoms with Gasteiger partial charge >= 0.3 is 12.0 Å². The van der Waals surface area contributed by atoms with Gasteiger partial charge in [0, 0.05) is 18.3 Å². The number of hydrogen-bond donors (Lipinski definition) is 3. The highest BCUT2D eigenvalue weighted by molar-refractivity contribution is 5.89. The van der Waals surface area contributed by atoms with E-state index in [9.17, 15) is 9.59 Å². The Morgan fingerprint density at radius 3 is 2.50 bits per heavy atom. The average Bonchev–Trinajstić information content (AvgIpc) is 2.68.